The molecule has 0 aliphatic carbocycles. The van der Waals surface area contributed by atoms with E-state index in [0.717, 1.165) is 44.4 Å². The summed E-state index contributed by atoms with van der Waals surface area (Å²) in [6.07, 6.45) is 1.37. The molecule has 1 fully saturated rings. The molecule has 10 nitrogen and oxygen atoms in total. The van der Waals surface area contributed by atoms with Crippen molar-refractivity contribution in [2.45, 2.75) is 52.1 Å². The summed E-state index contributed by atoms with van der Waals surface area (Å²) < 4.78 is 8.00. The van der Waals surface area contributed by atoms with Gasteiger partial charge in [0.15, 0.2) is 11.6 Å². The topological polar surface area (TPSA) is 132 Å². The van der Waals surface area contributed by atoms with Crippen LogP contribution in [0.3, 0.4) is 0 Å². The minimum atomic E-state index is -0.550. The highest BCUT2D eigenvalue weighted by Crippen LogP contribution is 2.39. The summed E-state index contributed by atoms with van der Waals surface area (Å²) in [5.74, 6) is 7.83. The standard InChI is InChI=1S/C38H36ClN7O3S/c1-22-23(2)50-38-34(22)35(27-10-12-28(39)13-11-27)42-30(36-44-43-24(3)46(36)38)21-33(47)41-29-16-19-45(20-17-29)37(48)32-15-14-31(49-32)26-8-6-25(7-9-26)5-4-18-40/h6-15,29-30H,16-21,40H2,1-3H3,(H,41,47)/t30-/m0/s1. The molecule has 1 atom stereocenters. The summed E-state index contributed by atoms with van der Waals surface area (Å²) in [7, 11) is 0. The van der Waals surface area contributed by atoms with Gasteiger partial charge in [0.2, 0.25) is 5.91 Å². The molecule has 5 heterocycles. The molecule has 2 amide bonds. The molecule has 0 bridgehead atoms. The lowest BCUT2D eigenvalue weighted by molar-refractivity contribution is -0.122. The fourth-order valence-corrected chi connectivity index (χ4v) is 7.80. The van der Waals surface area contributed by atoms with E-state index < -0.39 is 6.04 Å². The Balaban J connectivity index is 1.02. The maximum absolute atomic E-state index is 13.6. The predicted molar refractivity (Wildman–Crippen MR) is 195 cm³/mol. The third kappa shape index (κ3) is 6.62. The van der Waals surface area contributed by atoms with Crippen LogP contribution in [-0.4, -0.2) is 62.9 Å². The maximum Gasteiger partial charge on any atom is 0.289 e. The molecule has 0 saturated carbocycles. The second-order valence-electron chi connectivity index (χ2n) is 12.5. The van der Waals surface area contributed by atoms with E-state index in [9.17, 15) is 9.59 Å². The van der Waals surface area contributed by atoms with E-state index in [0.29, 0.717) is 49.1 Å². The van der Waals surface area contributed by atoms with Gasteiger partial charge in [-0.3, -0.25) is 19.1 Å². The zero-order valence-corrected chi connectivity index (χ0v) is 29.6. The Morgan fingerprint density at radius 1 is 1.00 bits per heavy atom. The van der Waals surface area contributed by atoms with Crippen LogP contribution in [0.2, 0.25) is 5.02 Å². The van der Waals surface area contributed by atoms with Crippen LogP contribution in [0.4, 0.5) is 0 Å². The minimum absolute atomic E-state index is 0.0730. The number of carbonyl (C=O) groups is 2. The number of hydrogen-bond acceptors (Lipinski definition) is 8. The molecule has 12 heteroatoms. The number of furan rings is 1. The largest absolute Gasteiger partial charge is 0.451 e. The summed E-state index contributed by atoms with van der Waals surface area (Å²) >= 11 is 7.91. The summed E-state index contributed by atoms with van der Waals surface area (Å²) in [5, 5.41) is 13.8. The first-order valence-electron chi connectivity index (χ1n) is 16.5. The molecular weight excluding hydrogens is 670 g/mol. The van der Waals surface area contributed by atoms with Gasteiger partial charge in [-0.25, -0.2) is 0 Å². The summed E-state index contributed by atoms with van der Waals surface area (Å²) in [6, 6.07) is 18.1. The van der Waals surface area contributed by atoms with Crippen molar-refractivity contribution in [2.75, 3.05) is 19.6 Å². The van der Waals surface area contributed by atoms with Crippen LogP contribution in [0.5, 0.6) is 0 Å². The van der Waals surface area contributed by atoms with Gasteiger partial charge in [0.1, 0.15) is 22.6 Å². The number of fused-ring (bicyclic) bond motifs is 3. The van der Waals surface area contributed by atoms with Crippen molar-refractivity contribution < 1.29 is 14.0 Å². The van der Waals surface area contributed by atoms with E-state index in [1.165, 1.54) is 4.88 Å². The average molecular weight is 706 g/mol. The van der Waals surface area contributed by atoms with Crippen molar-refractivity contribution in [2.24, 2.45) is 10.7 Å². The Bertz CT molecular complexity index is 2160. The molecular formula is C38H36ClN7O3S. The normalized spacial score (nSPS) is 15.7. The van der Waals surface area contributed by atoms with Gasteiger partial charge in [0.05, 0.1) is 18.7 Å². The van der Waals surface area contributed by atoms with Gasteiger partial charge in [-0.2, -0.15) is 0 Å². The van der Waals surface area contributed by atoms with E-state index >= 15 is 0 Å². The molecule has 5 aromatic rings. The number of aromatic nitrogens is 3. The quantitative estimate of drug-likeness (QED) is 0.203. The Morgan fingerprint density at radius 2 is 1.72 bits per heavy atom. The van der Waals surface area contributed by atoms with Gasteiger partial charge in [-0.05, 0) is 75.6 Å². The van der Waals surface area contributed by atoms with Crippen LogP contribution in [0.1, 0.15) is 74.6 Å². The summed E-state index contributed by atoms with van der Waals surface area (Å²) in [5.41, 5.74) is 11.1. The average Bonchev–Trinajstić information content (AvgIpc) is 3.82. The summed E-state index contributed by atoms with van der Waals surface area (Å²) in [6.45, 7) is 7.43. The van der Waals surface area contributed by atoms with E-state index in [1.54, 1.807) is 28.4 Å². The number of rotatable bonds is 6. The molecule has 0 spiro atoms. The number of aryl methyl sites for hydroxylation is 2. The molecule has 0 radical (unpaired) electrons. The number of likely N-dealkylation sites (tertiary alicyclic amines) is 1. The third-order valence-electron chi connectivity index (χ3n) is 9.20. The first-order valence-corrected chi connectivity index (χ1v) is 17.7. The van der Waals surface area contributed by atoms with Crippen molar-refractivity contribution in [1.82, 2.24) is 25.0 Å². The molecule has 2 aromatic carbocycles. The molecule has 1 saturated heterocycles. The van der Waals surface area contributed by atoms with Gasteiger partial charge < -0.3 is 20.4 Å². The number of piperidine rings is 1. The SMILES string of the molecule is Cc1sc2c(c1C)C(c1ccc(Cl)cc1)=N[C@@H](CC(=O)NC1CCN(C(=O)c3ccc(-c4ccc(C#CCN)cc4)o3)CC1)c1nnc(C)n1-2. The van der Waals surface area contributed by atoms with Crippen molar-refractivity contribution in [3.05, 3.63) is 110 Å². The summed E-state index contributed by atoms with van der Waals surface area (Å²) in [4.78, 5) is 35.1. The predicted octanol–water partition coefficient (Wildman–Crippen LogP) is 6.18. The number of halogens is 1. The lowest BCUT2D eigenvalue weighted by atomic mass is 9.99. The van der Waals surface area contributed by atoms with Crippen LogP contribution in [-0.2, 0) is 4.79 Å². The molecule has 2 aliphatic rings. The molecule has 0 unspecified atom stereocenters. The highest BCUT2D eigenvalue weighted by molar-refractivity contribution is 7.15. The Kier molecular flexibility index (Phi) is 9.42. The lowest BCUT2D eigenvalue weighted by Gasteiger charge is -2.32. The molecule has 2 aliphatic heterocycles. The van der Waals surface area contributed by atoms with E-state index in [1.807, 2.05) is 60.0 Å². The van der Waals surface area contributed by atoms with Crippen LogP contribution in [0.25, 0.3) is 16.3 Å². The van der Waals surface area contributed by atoms with E-state index in [4.69, 9.17) is 26.7 Å². The van der Waals surface area contributed by atoms with Crippen molar-refractivity contribution in [3.63, 3.8) is 0 Å². The number of thiophene rings is 1. The number of nitrogens with zero attached hydrogens (tertiary/aromatic N) is 5. The number of nitrogens with one attached hydrogen (secondary N) is 1. The van der Waals surface area contributed by atoms with Crippen LogP contribution >= 0.6 is 22.9 Å². The molecule has 254 valence electrons. The number of nitrogens with two attached hydrogens (primary N) is 1. The third-order valence-corrected chi connectivity index (χ3v) is 10.6. The fraction of sp³-hybridized carbons (Fsp3) is 0.289. The number of aliphatic imine (C=N–C) groups is 1. The molecule has 3 aromatic heterocycles. The Morgan fingerprint density at radius 3 is 2.44 bits per heavy atom. The monoisotopic (exact) mass is 705 g/mol. The maximum atomic E-state index is 13.6. The van der Waals surface area contributed by atoms with Crippen molar-refractivity contribution >= 4 is 40.5 Å². The minimum Gasteiger partial charge on any atom is -0.451 e. The van der Waals surface area contributed by atoms with Crippen molar-refractivity contribution in [1.29, 1.82) is 0 Å². The fourth-order valence-electron chi connectivity index (χ4n) is 6.46. The van der Waals surface area contributed by atoms with Gasteiger partial charge in [0.25, 0.3) is 5.91 Å². The highest BCUT2D eigenvalue weighted by atomic mass is 35.5. The van der Waals surface area contributed by atoms with Crippen LogP contribution in [0, 0.1) is 32.6 Å². The van der Waals surface area contributed by atoms with Crippen LogP contribution < -0.4 is 11.1 Å². The number of benzene rings is 2. The zero-order chi connectivity index (χ0) is 34.9. The molecule has 7 rings (SSSR count). The second kappa shape index (κ2) is 14.1. The van der Waals surface area contributed by atoms with Crippen LogP contribution in [0.15, 0.2) is 70.1 Å². The van der Waals surface area contributed by atoms with E-state index in [2.05, 4.69) is 41.2 Å². The van der Waals surface area contributed by atoms with Gasteiger partial charge in [-0.15, -0.1) is 21.5 Å². The van der Waals surface area contributed by atoms with Crippen molar-refractivity contribution in [3.8, 4) is 28.2 Å². The lowest BCUT2D eigenvalue weighted by Crippen LogP contribution is -2.46. The van der Waals surface area contributed by atoms with Gasteiger partial charge in [0, 0.05) is 51.3 Å². The van der Waals surface area contributed by atoms with Gasteiger partial charge >= 0.3 is 0 Å². The number of hydrogen-bond donors (Lipinski definition) is 2. The number of amides is 2. The van der Waals surface area contributed by atoms with Gasteiger partial charge in [-0.1, -0.05) is 47.7 Å². The Hall–Kier alpha value is -5.02. The Labute approximate surface area is 299 Å². The number of carbonyl (C=O) groups excluding carboxylic acids is 2. The smallest absolute Gasteiger partial charge is 0.289 e. The van der Waals surface area contributed by atoms with E-state index in [-0.39, 0.29) is 30.0 Å². The highest BCUT2D eigenvalue weighted by Gasteiger charge is 2.33. The first kappa shape index (κ1) is 33.5. The zero-order valence-electron chi connectivity index (χ0n) is 28.0. The molecule has 3 N–H and O–H groups in total. The first-order chi connectivity index (χ1) is 24.2. The second-order valence-corrected chi connectivity index (χ2v) is 14.1. The molecule has 50 heavy (non-hydrogen) atoms.